The largest absolute Gasteiger partial charge is 0.293 e. The maximum absolute atomic E-state index is 8.76. The molecule has 3 heterocycles. The highest BCUT2D eigenvalue weighted by Gasteiger charge is 2.07. The normalized spacial score (nSPS) is 10.6. The lowest BCUT2D eigenvalue weighted by Gasteiger charge is -2.06. The molecule has 92 valence electrons. The second-order valence-corrected chi connectivity index (χ2v) is 5.04. The van der Waals surface area contributed by atoms with Crippen LogP contribution in [0.4, 0.5) is 0 Å². The zero-order chi connectivity index (χ0) is 13.4. The first-order chi connectivity index (χ1) is 9.19. The van der Waals surface area contributed by atoms with Crippen molar-refractivity contribution in [3.63, 3.8) is 0 Å². The number of nitriles is 1. The van der Waals surface area contributed by atoms with Crippen LogP contribution in [0.5, 0.6) is 0 Å². The highest BCUT2D eigenvalue weighted by molar-refractivity contribution is 9.10. The third-order valence-electron chi connectivity index (χ3n) is 2.96. The lowest BCUT2D eigenvalue weighted by atomic mass is 10.1. The fourth-order valence-electron chi connectivity index (χ4n) is 2.02. The lowest BCUT2D eigenvalue weighted by molar-refractivity contribution is 1.13. The van der Waals surface area contributed by atoms with E-state index in [4.69, 9.17) is 5.26 Å². The van der Waals surface area contributed by atoms with Gasteiger partial charge in [-0.3, -0.25) is 4.40 Å². The number of aryl methyl sites for hydroxylation is 1. The van der Waals surface area contributed by atoms with Crippen molar-refractivity contribution < 1.29 is 0 Å². The summed E-state index contributed by atoms with van der Waals surface area (Å²) >= 11 is 3.47. The van der Waals surface area contributed by atoms with E-state index in [1.807, 2.05) is 29.7 Å². The quantitative estimate of drug-likeness (QED) is 0.692. The Kier molecular flexibility index (Phi) is 2.80. The number of rotatable bonds is 1. The Labute approximate surface area is 118 Å². The van der Waals surface area contributed by atoms with E-state index in [-0.39, 0.29) is 0 Å². The molecule has 3 rings (SSSR count). The van der Waals surface area contributed by atoms with Crippen LogP contribution in [0.2, 0.25) is 0 Å². The Hall–Kier alpha value is -2.19. The summed E-state index contributed by atoms with van der Waals surface area (Å²) in [5.74, 6) is 0. The fraction of sp³-hybridized carbons (Fsp3) is 0.0714. The molecule has 0 bridgehead atoms. The van der Waals surface area contributed by atoms with Crippen LogP contribution in [-0.4, -0.2) is 14.4 Å². The minimum absolute atomic E-state index is 0.422. The Morgan fingerprint density at radius 3 is 2.74 bits per heavy atom. The van der Waals surface area contributed by atoms with Crippen LogP contribution in [0.25, 0.3) is 16.8 Å². The molecule has 4 nitrogen and oxygen atoms in total. The Morgan fingerprint density at radius 1 is 1.21 bits per heavy atom. The number of aromatic nitrogens is 3. The molecule has 0 unspecified atom stereocenters. The Bertz CT molecular complexity index is 797. The molecular formula is C14H9BrN4. The van der Waals surface area contributed by atoms with E-state index in [0.29, 0.717) is 5.69 Å². The highest BCUT2D eigenvalue weighted by Crippen LogP contribution is 2.24. The number of fused-ring (bicyclic) bond motifs is 1. The molecule has 0 aliphatic carbocycles. The molecule has 3 aromatic rings. The van der Waals surface area contributed by atoms with Crippen LogP contribution in [-0.2, 0) is 0 Å². The number of pyridine rings is 2. The van der Waals surface area contributed by atoms with Gasteiger partial charge in [0.05, 0.1) is 6.20 Å². The summed E-state index contributed by atoms with van der Waals surface area (Å²) in [6.45, 7) is 2.02. The van der Waals surface area contributed by atoms with Gasteiger partial charge in [0.2, 0.25) is 0 Å². The average molecular weight is 313 g/mol. The summed E-state index contributed by atoms with van der Waals surface area (Å²) < 4.78 is 2.90. The van der Waals surface area contributed by atoms with E-state index in [1.54, 1.807) is 18.5 Å². The first-order valence-corrected chi connectivity index (χ1v) is 6.48. The number of hydrogen-bond acceptors (Lipinski definition) is 3. The van der Waals surface area contributed by atoms with Crippen molar-refractivity contribution in [2.75, 3.05) is 0 Å². The molecule has 0 fully saturated rings. The van der Waals surface area contributed by atoms with Crippen LogP contribution in [0.3, 0.4) is 0 Å². The monoisotopic (exact) mass is 312 g/mol. The Balaban J connectivity index is 2.19. The number of nitrogens with zero attached hydrogens (tertiary/aromatic N) is 4. The minimum Gasteiger partial charge on any atom is -0.293 e. The van der Waals surface area contributed by atoms with Crippen molar-refractivity contribution in [3.8, 4) is 17.2 Å². The predicted octanol–water partition coefficient (Wildman–Crippen LogP) is 3.34. The van der Waals surface area contributed by atoms with E-state index in [2.05, 4.69) is 32.0 Å². The van der Waals surface area contributed by atoms with Gasteiger partial charge in [-0.25, -0.2) is 9.97 Å². The van der Waals surface area contributed by atoms with Crippen molar-refractivity contribution in [1.29, 1.82) is 5.26 Å². The maximum atomic E-state index is 8.76. The number of imidazole rings is 1. The van der Waals surface area contributed by atoms with E-state index >= 15 is 0 Å². The van der Waals surface area contributed by atoms with Crippen molar-refractivity contribution in [3.05, 3.63) is 52.7 Å². The molecule has 0 radical (unpaired) electrons. The van der Waals surface area contributed by atoms with Gasteiger partial charge in [-0.05, 0) is 46.6 Å². The van der Waals surface area contributed by atoms with E-state index < -0.39 is 0 Å². The summed E-state index contributed by atoms with van der Waals surface area (Å²) in [7, 11) is 0. The fourth-order valence-corrected chi connectivity index (χ4v) is 2.39. The van der Waals surface area contributed by atoms with Gasteiger partial charge < -0.3 is 0 Å². The van der Waals surface area contributed by atoms with E-state index in [0.717, 1.165) is 26.9 Å². The molecule has 0 aliphatic rings. The third-order valence-corrected chi connectivity index (χ3v) is 3.54. The van der Waals surface area contributed by atoms with Gasteiger partial charge in [0.25, 0.3) is 0 Å². The molecule has 0 aliphatic heterocycles. The first-order valence-electron chi connectivity index (χ1n) is 5.69. The molecule has 0 spiro atoms. The zero-order valence-corrected chi connectivity index (χ0v) is 11.7. The summed E-state index contributed by atoms with van der Waals surface area (Å²) in [5.41, 5.74) is 4.46. The summed E-state index contributed by atoms with van der Waals surface area (Å²) in [6.07, 6.45) is 5.50. The van der Waals surface area contributed by atoms with Gasteiger partial charge in [0, 0.05) is 23.5 Å². The SMILES string of the molecule is Cc1cc(-c2ccc(C#N)nc2)cn2c(Br)cnc12. The molecule has 0 N–H and O–H groups in total. The van der Waals surface area contributed by atoms with Gasteiger partial charge in [-0.2, -0.15) is 5.26 Å². The van der Waals surface area contributed by atoms with E-state index in [9.17, 15) is 0 Å². The molecule has 0 amide bonds. The van der Waals surface area contributed by atoms with Crippen LogP contribution in [0, 0.1) is 18.3 Å². The second kappa shape index (κ2) is 4.48. The smallest absolute Gasteiger partial charge is 0.140 e. The third kappa shape index (κ3) is 2.00. The van der Waals surface area contributed by atoms with Gasteiger partial charge >= 0.3 is 0 Å². The number of halogens is 1. The van der Waals surface area contributed by atoms with Gasteiger partial charge in [-0.15, -0.1) is 0 Å². The van der Waals surface area contributed by atoms with Gasteiger partial charge in [0.1, 0.15) is 22.0 Å². The maximum Gasteiger partial charge on any atom is 0.140 e. The predicted molar refractivity (Wildman–Crippen MR) is 75.6 cm³/mol. The molecule has 0 saturated carbocycles. The topological polar surface area (TPSA) is 54.0 Å². The van der Waals surface area contributed by atoms with Crippen LogP contribution in [0.15, 0.2) is 41.4 Å². The van der Waals surface area contributed by atoms with E-state index in [1.165, 1.54) is 0 Å². The molecule has 5 heteroatoms. The standard InChI is InChI=1S/C14H9BrN4/c1-9-4-11(8-19-13(15)7-18-14(9)19)10-2-3-12(5-16)17-6-10/h2-4,6-8H,1H3. The van der Waals surface area contributed by atoms with Crippen molar-refractivity contribution >= 4 is 21.6 Å². The molecule has 19 heavy (non-hydrogen) atoms. The number of hydrogen-bond donors (Lipinski definition) is 0. The Morgan fingerprint density at radius 2 is 2.05 bits per heavy atom. The molecule has 0 aromatic carbocycles. The van der Waals surface area contributed by atoms with Crippen LogP contribution in [0.1, 0.15) is 11.3 Å². The molecule has 0 saturated heterocycles. The van der Waals surface area contributed by atoms with Crippen molar-refractivity contribution in [2.24, 2.45) is 0 Å². The summed E-state index contributed by atoms with van der Waals surface area (Å²) in [5, 5.41) is 8.76. The summed E-state index contributed by atoms with van der Waals surface area (Å²) in [4.78, 5) is 8.43. The average Bonchev–Trinajstić information content (AvgIpc) is 2.81. The first kappa shape index (κ1) is 11.9. The van der Waals surface area contributed by atoms with Crippen molar-refractivity contribution in [1.82, 2.24) is 14.4 Å². The minimum atomic E-state index is 0.422. The van der Waals surface area contributed by atoms with Gasteiger partial charge in [-0.1, -0.05) is 0 Å². The second-order valence-electron chi connectivity index (χ2n) is 4.23. The van der Waals surface area contributed by atoms with Crippen molar-refractivity contribution in [2.45, 2.75) is 6.92 Å². The molecular weight excluding hydrogens is 304 g/mol. The summed E-state index contributed by atoms with van der Waals surface area (Å²) in [6, 6.07) is 7.70. The molecule has 3 aromatic heterocycles. The molecule has 0 atom stereocenters. The van der Waals surface area contributed by atoms with Gasteiger partial charge in [0.15, 0.2) is 0 Å². The van der Waals surface area contributed by atoms with Crippen LogP contribution < -0.4 is 0 Å². The van der Waals surface area contributed by atoms with Crippen LogP contribution >= 0.6 is 15.9 Å². The highest BCUT2D eigenvalue weighted by atomic mass is 79.9. The zero-order valence-electron chi connectivity index (χ0n) is 10.1. The lowest BCUT2D eigenvalue weighted by Crippen LogP contribution is -1.92.